The van der Waals surface area contributed by atoms with E-state index >= 15 is 0 Å². The van der Waals surface area contributed by atoms with E-state index < -0.39 is 41.3 Å². The number of nitro groups is 1. The number of nitrogens with one attached hydrogen (secondary N) is 2. The van der Waals surface area contributed by atoms with Crippen molar-refractivity contribution in [2.24, 2.45) is 0 Å². The predicted octanol–water partition coefficient (Wildman–Crippen LogP) is -2.26. The van der Waals surface area contributed by atoms with Crippen LogP contribution in [-0.4, -0.2) is 74.8 Å². The molecule has 4 unspecified atom stereocenters. The number of aliphatic hydroxyl groups excluding tert-OH is 4. The first-order chi connectivity index (χ1) is 11.3. The van der Waals surface area contributed by atoms with E-state index in [0.717, 1.165) is 0 Å². The minimum atomic E-state index is -1.50. The maximum Gasteiger partial charge on any atom is 0.269 e. The number of aliphatic hydroxyl groups is 4. The lowest BCUT2D eigenvalue weighted by molar-refractivity contribution is -0.384. The minimum absolute atomic E-state index is 0.0633. The highest BCUT2D eigenvalue weighted by Crippen LogP contribution is 2.20. The van der Waals surface area contributed by atoms with Crippen LogP contribution in [0.4, 0.5) is 5.69 Å². The molecule has 10 nitrogen and oxygen atoms in total. The number of amides is 1. The third kappa shape index (κ3) is 3.52. The molecule has 2 rings (SSSR count). The predicted molar refractivity (Wildman–Crippen MR) is 81.3 cm³/mol. The van der Waals surface area contributed by atoms with Gasteiger partial charge in [0.2, 0.25) is 0 Å². The number of piperidine rings is 1. The first-order valence-corrected chi connectivity index (χ1v) is 7.23. The molecule has 1 heterocycles. The monoisotopic (exact) mass is 341 g/mol. The van der Waals surface area contributed by atoms with Crippen LogP contribution in [0.25, 0.3) is 0 Å². The molecule has 0 aliphatic carbocycles. The van der Waals surface area contributed by atoms with Crippen molar-refractivity contribution in [1.82, 2.24) is 10.6 Å². The summed E-state index contributed by atoms with van der Waals surface area (Å²) in [6.07, 6.45) is -4.15. The molecule has 1 aromatic rings. The van der Waals surface area contributed by atoms with Gasteiger partial charge >= 0.3 is 0 Å². The third-order valence-electron chi connectivity index (χ3n) is 4.13. The zero-order valence-electron chi connectivity index (χ0n) is 12.6. The van der Waals surface area contributed by atoms with Crippen molar-refractivity contribution in [2.45, 2.75) is 23.9 Å². The Hall–Kier alpha value is -2.11. The van der Waals surface area contributed by atoms with Crippen LogP contribution in [0.1, 0.15) is 10.4 Å². The average Bonchev–Trinajstić information content (AvgIpc) is 2.59. The maximum atomic E-state index is 12.1. The van der Waals surface area contributed by atoms with E-state index in [9.17, 15) is 35.3 Å². The summed E-state index contributed by atoms with van der Waals surface area (Å²) in [4.78, 5) is 22.1. The summed E-state index contributed by atoms with van der Waals surface area (Å²) in [6, 6.07) is 4.93. The van der Waals surface area contributed by atoms with Gasteiger partial charge in [-0.2, -0.15) is 0 Å². The van der Waals surface area contributed by atoms with Crippen LogP contribution in [0, 0.1) is 10.1 Å². The summed E-state index contributed by atoms with van der Waals surface area (Å²) in [6.45, 7) is -0.866. The Kier molecular flexibility index (Phi) is 5.47. The summed E-state index contributed by atoms with van der Waals surface area (Å²) in [7, 11) is 0. The normalized spacial score (nSPS) is 29.9. The summed E-state index contributed by atoms with van der Waals surface area (Å²) in [5.74, 6) is -0.563. The van der Waals surface area contributed by atoms with Crippen molar-refractivity contribution >= 4 is 11.6 Å². The highest BCUT2D eigenvalue weighted by molar-refractivity contribution is 5.94. The molecule has 6 N–H and O–H groups in total. The molecule has 0 bridgehead atoms. The van der Waals surface area contributed by atoms with Gasteiger partial charge in [0.15, 0.2) is 0 Å². The fourth-order valence-electron chi connectivity index (χ4n) is 2.52. The smallest absolute Gasteiger partial charge is 0.269 e. The third-order valence-corrected chi connectivity index (χ3v) is 4.13. The Morgan fingerprint density at radius 2 is 1.96 bits per heavy atom. The van der Waals surface area contributed by atoms with Crippen molar-refractivity contribution in [1.29, 1.82) is 0 Å². The molecule has 0 spiro atoms. The maximum absolute atomic E-state index is 12.1. The molecule has 1 aliphatic heterocycles. The lowest BCUT2D eigenvalue weighted by atomic mass is 9.83. The van der Waals surface area contributed by atoms with Gasteiger partial charge in [0.1, 0.15) is 12.2 Å². The second-order valence-electron chi connectivity index (χ2n) is 5.68. The molecule has 4 atom stereocenters. The van der Waals surface area contributed by atoms with Gasteiger partial charge in [0, 0.05) is 30.8 Å². The molecule has 0 aromatic heterocycles. The van der Waals surface area contributed by atoms with E-state index in [1.165, 1.54) is 24.3 Å². The van der Waals surface area contributed by atoms with Crippen LogP contribution in [0.3, 0.4) is 0 Å². The fourth-order valence-corrected chi connectivity index (χ4v) is 2.52. The van der Waals surface area contributed by atoms with E-state index in [4.69, 9.17) is 0 Å². The minimum Gasteiger partial charge on any atom is -0.394 e. The number of carbonyl (C=O) groups excluding carboxylic acids is 1. The largest absolute Gasteiger partial charge is 0.394 e. The summed E-state index contributed by atoms with van der Waals surface area (Å²) < 4.78 is 0. The molecule has 24 heavy (non-hydrogen) atoms. The van der Waals surface area contributed by atoms with E-state index in [-0.39, 0.29) is 24.3 Å². The number of hydrogen-bond acceptors (Lipinski definition) is 8. The molecule has 0 saturated carbocycles. The first kappa shape index (κ1) is 18.2. The highest BCUT2D eigenvalue weighted by atomic mass is 16.6. The molecule has 0 radical (unpaired) electrons. The zero-order valence-corrected chi connectivity index (χ0v) is 12.6. The van der Waals surface area contributed by atoms with Gasteiger partial charge in [-0.05, 0) is 12.1 Å². The SMILES string of the molecule is O=C(NCC1(CO)NCC(O)C(O)C1O)c1ccc([N+](=O)[O-])cc1. The second kappa shape index (κ2) is 7.20. The standard InChI is InChI=1S/C14H19N3O7/c18-7-14(12(21)11(20)10(19)5-16-14)6-15-13(22)8-1-3-9(4-2-8)17(23)24/h1-4,10-12,16,18-21H,5-7H2,(H,15,22). The van der Waals surface area contributed by atoms with Crippen LogP contribution >= 0.6 is 0 Å². The number of nitro benzene ring substituents is 1. The topological polar surface area (TPSA) is 165 Å². The molecule has 1 saturated heterocycles. The van der Waals surface area contributed by atoms with Crippen LogP contribution < -0.4 is 10.6 Å². The van der Waals surface area contributed by atoms with Gasteiger partial charge in [-0.25, -0.2) is 0 Å². The number of nitrogens with zero attached hydrogens (tertiary/aromatic N) is 1. The summed E-state index contributed by atoms with van der Waals surface area (Å²) in [5.41, 5.74) is -1.39. The summed E-state index contributed by atoms with van der Waals surface area (Å²) >= 11 is 0. The van der Waals surface area contributed by atoms with E-state index in [0.29, 0.717) is 0 Å². The molecule has 1 aromatic carbocycles. The van der Waals surface area contributed by atoms with Gasteiger partial charge in [0.25, 0.3) is 11.6 Å². The lowest BCUT2D eigenvalue weighted by Gasteiger charge is -2.45. The molecule has 10 heteroatoms. The quantitative estimate of drug-likeness (QED) is 0.258. The number of benzene rings is 1. The number of rotatable bonds is 5. The Labute approximate surface area is 136 Å². The Balaban J connectivity index is 2.05. The molecule has 1 aliphatic rings. The van der Waals surface area contributed by atoms with Gasteiger partial charge < -0.3 is 31.1 Å². The Bertz CT molecular complexity index is 609. The van der Waals surface area contributed by atoms with Gasteiger partial charge in [-0.1, -0.05) is 0 Å². The lowest BCUT2D eigenvalue weighted by Crippen LogP contribution is -2.73. The fraction of sp³-hybridized carbons (Fsp3) is 0.500. The van der Waals surface area contributed by atoms with E-state index in [2.05, 4.69) is 10.6 Å². The number of carbonyl (C=O) groups is 1. The molecular weight excluding hydrogens is 322 g/mol. The Morgan fingerprint density at radius 1 is 1.33 bits per heavy atom. The first-order valence-electron chi connectivity index (χ1n) is 7.23. The van der Waals surface area contributed by atoms with Crippen molar-refractivity contribution in [2.75, 3.05) is 19.7 Å². The second-order valence-corrected chi connectivity index (χ2v) is 5.68. The average molecular weight is 341 g/mol. The van der Waals surface area contributed by atoms with Gasteiger partial charge in [-0.3, -0.25) is 14.9 Å². The van der Waals surface area contributed by atoms with Crippen molar-refractivity contribution in [3.8, 4) is 0 Å². The highest BCUT2D eigenvalue weighted by Gasteiger charge is 2.47. The van der Waals surface area contributed by atoms with Crippen molar-refractivity contribution in [3.63, 3.8) is 0 Å². The van der Waals surface area contributed by atoms with Crippen LogP contribution in [-0.2, 0) is 0 Å². The van der Waals surface area contributed by atoms with Crippen molar-refractivity contribution in [3.05, 3.63) is 39.9 Å². The van der Waals surface area contributed by atoms with E-state index in [1.807, 2.05) is 0 Å². The zero-order chi connectivity index (χ0) is 17.9. The number of β-amino-alcohol motifs (C(OH)–C–C–N with tert-alkyl or cyclic N) is 1. The number of non-ortho nitro benzene ring substituents is 1. The molecular formula is C14H19N3O7. The Morgan fingerprint density at radius 3 is 2.50 bits per heavy atom. The van der Waals surface area contributed by atoms with Crippen LogP contribution in [0.5, 0.6) is 0 Å². The number of hydrogen-bond donors (Lipinski definition) is 6. The van der Waals surface area contributed by atoms with E-state index in [1.54, 1.807) is 0 Å². The summed E-state index contributed by atoms with van der Waals surface area (Å²) in [5, 5.41) is 54.7. The molecule has 1 fully saturated rings. The van der Waals surface area contributed by atoms with Crippen LogP contribution in [0.15, 0.2) is 24.3 Å². The van der Waals surface area contributed by atoms with Crippen molar-refractivity contribution < 1.29 is 30.1 Å². The molecule has 1 amide bonds. The van der Waals surface area contributed by atoms with Gasteiger partial charge in [0.05, 0.1) is 23.2 Å². The van der Waals surface area contributed by atoms with Gasteiger partial charge in [-0.15, -0.1) is 0 Å². The van der Waals surface area contributed by atoms with Crippen LogP contribution in [0.2, 0.25) is 0 Å². The molecule has 132 valence electrons.